The number of hydrogen-bond acceptors (Lipinski definition) is 3. The molecule has 23 heavy (non-hydrogen) atoms. The number of aliphatic hydroxyl groups excluding tert-OH is 1. The highest BCUT2D eigenvalue weighted by Gasteiger charge is 2.14. The van der Waals surface area contributed by atoms with Gasteiger partial charge in [-0.05, 0) is 55.3 Å². The zero-order valence-corrected chi connectivity index (χ0v) is 12.8. The standard InChI is InChI=1S/C18H16FNO3/c1-11-3-4-12(2)15(9-11)20-18(23)17(22)10-16(21)13-5-7-14(19)8-6-13/h3-10,21H,1-2H3,(H,20,23). The predicted octanol–water partition coefficient (Wildman–Crippen LogP) is 3.55. The van der Waals surface area contributed by atoms with Crippen molar-refractivity contribution in [2.24, 2.45) is 0 Å². The van der Waals surface area contributed by atoms with E-state index in [-0.39, 0.29) is 5.56 Å². The molecule has 0 aliphatic heterocycles. The molecule has 2 aromatic carbocycles. The number of hydrogen-bond donors (Lipinski definition) is 2. The Morgan fingerprint density at radius 3 is 2.39 bits per heavy atom. The predicted molar refractivity (Wildman–Crippen MR) is 86.6 cm³/mol. The Morgan fingerprint density at radius 1 is 1.09 bits per heavy atom. The second-order valence-electron chi connectivity index (χ2n) is 5.17. The van der Waals surface area contributed by atoms with Gasteiger partial charge in [0.1, 0.15) is 11.6 Å². The van der Waals surface area contributed by atoms with Crippen LogP contribution in [0.15, 0.2) is 48.5 Å². The first kappa shape index (κ1) is 16.4. The number of amides is 1. The van der Waals surface area contributed by atoms with Crippen LogP contribution >= 0.6 is 0 Å². The van der Waals surface area contributed by atoms with Gasteiger partial charge in [-0.3, -0.25) is 9.59 Å². The Labute approximate surface area is 133 Å². The number of benzene rings is 2. The van der Waals surface area contributed by atoms with Gasteiger partial charge < -0.3 is 10.4 Å². The maximum atomic E-state index is 12.8. The number of nitrogens with one attached hydrogen (secondary N) is 1. The second kappa shape index (κ2) is 6.87. The lowest BCUT2D eigenvalue weighted by Gasteiger charge is -2.08. The first-order valence-electron chi connectivity index (χ1n) is 6.96. The first-order valence-corrected chi connectivity index (χ1v) is 6.96. The van der Waals surface area contributed by atoms with E-state index in [1.807, 2.05) is 26.0 Å². The van der Waals surface area contributed by atoms with E-state index in [9.17, 15) is 19.1 Å². The lowest BCUT2D eigenvalue weighted by atomic mass is 10.1. The van der Waals surface area contributed by atoms with E-state index in [4.69, 9.17) is 0 Å². The minimum atomic E-state index is -0.896. The number of halogens is 1. The third-order valence-corrected chi connectivity index (χ3v) is 3.27. The molecule has 4 nitrogen and oxygen atoms in total. The van der Waals surface area contributed by atoms with E-state index in [0.717, 1.165) is 29.3 Å². The summed E-state index contributed by atoms with van der Waals surface area (Å²) in [5.41, 5.74) is 2.56. The summed E-state index contributed by atoms with van der Waals surface area (Å²) in [5.74, 6) is -2.60. The molecule has 5 heteroatoms. The molecular formula is C18H16FNO3. The number of rotatable bonds is 4. The number of ketones is 1. The van der Waals surface area contributed by atoms with Gasteiger partial charge in [-0.15, -0.1) is 0 Å². The van der Waals surface area contributed by atoms with Gasteiger partial charge in [0, 0.05) is 17.3 Å². The number of anilines is 1. The smallest absolute Gasteiger partial charge is 0.296 e. The van der Waals surface area contributed by atoms with Crippen molar-refractivity contribution in [3.8, 4) is 0 Å². The molecule has 0 aromatic heterocycles. The van der Waals surface area contributed by atoms with E-state index >= 15 is 0 Å². The lowest BCUT2D eigenvalue weighted by molar-refractivity contribution is -0.131. The van der Waals surface area contributed by atoms with Crippen molar-refractivity contribution in [3.63, 3.8) is 0 Å². The fraction of sp³-hybridized carbons (Fsp3) is 0.111. The normalized spacial score (nSPS) is 11.2. The van der Waals surface area contributed by atoms with Gasteiger partial charge in [0.2, 0.25) is 5.78 Å². The number of carbonyl (C=O) groups is 2. The Balaban J connectivity index is 2.13. The van der Waals surface area contributed by atoms with Gasteiger partial charge in [0.05, 0.1) is 0 Å². The summed E-state index contributed by atoms with van der Waals surface area (Å²) >= 11 is 0. The Kier molecular flexibility index (Phi) is 4.91. The van der Waals surface area contributed by atoms with Crippen LogP contribution < -0.4 is 5.32 Å². The van der Waals surface area contributed by atoms with Crippen molar-refractivity contribution < 1.29 is 19.1 Å². The monoisotopic (exact) mass is 313 g/mol. The van der Waals surface area contributed by atoms with Crippen LogP contribution in [0.4, 0.5) is 10.1 Å². The second-order valence-corrected chi connectivity index (χ2v) is 5.17. The number of carbonyl (C=O) groups excluding carboxylic acids is 2. The topological polar surface area (TPSA) is 66.4 Å². The van der Waals surface area contributed by atoms with Crippen LogP contribution in [0, 0.1) is 19.7 Å². The highest BCUT2D eigenvalue weighted by Crippen LogP contribution is 2.17. The summed E-state index contributed by atoms with van der Waals surface area (Å²) in [6.45, 7) is 3.68. The zero-order valence-electron chi connectivity index (χ0n) is 12.8. The summed E-state index contributed by atoms with van der Waals surface area (Å²) in [6, 6.07) is 10.4. The molecule has 118 valence electrons. The molecular weight excluding hydrogens is 297 g/mol. The van der Waals surface area contributed by atoms with Gasteiger partial charge in [-0.1, -0.05) is 12.1 Å². The molecule has 2 rings (SSSR count). The number of aryl methyl sites for hydroxylation is 2. The minimum absolute atomic E-state index is 0.249. The van der Waals surface area contributed by atoms with Crippen molar-refractivity contribution in [2.45, 2.75) is 13.8 Å². The van der Waals surface area contributed by atoms with E-state index in [1.165, 1.54) is 12.1 Å². The van der Waals surface area contributed by atoms with E-state index in [2.05, 4.69) is 5.32 Å². The minimum Gasteiger partial charge on any atom is -0.507 e. The summed E-state index contributed by atoms with van der Waals surface area (Å²) in [5, 5.41) is 12.3. The zero-order chi connectivity index (χ0) is 17.0. The molecule has 0 fully saturated rings. The molecule has 0 aliphatic carbocycles. The Hall–Kier alpha value is -2.95. The van der Waals surface area contributed by atoms with Crippen LogP contribution in [0.3, 0.4) is 0 Å². The first-order chi connectivity index (χ1) is 10.9. The molecule has 1 amide bonds. The van der Waals surface area contributed by atoms with Crippen molar-refractivity contribution >= 4 is 23.1 Å². The lowest BCUT2D eigenvalue weighted by Crippen LogP contribution is -2.21. The summed E-state index contributed by atoms with van der Waals surface area (Å²) in [4.78, 5) is 23.8. The molecule has 0 bridgehead atoms. The molecule has 0 spiro atoms. The van der Waals surface area contributed by atoms with Crippen LogP contribution in [-0.2, 0) is 9.59 Å². The van der Waals surface area contributed by atoms with Crippen LogP contribution in [0.25, 0.3) is 5.76 Å². The quantitative estimate of drug-likeness (QED) is 0.515. The van der Waals surface area contributed by atoms with Crippen molar-refractivity contribution in [1.29, 1.82) is 0 Å². The van der Waals surface area contributed by atoms with E-state index in [0.29, 0.717) is 5.69 Å². The molecule has 0 heterocycles. The van der Waals surface area contributed by atoms with Gasteiger partial charge in [0.25, 0.3) is 5.91 Å². The molecule has 0 unspecified atom stereocenters. The Bertz CT molecular complexity index is 779. The largest absolute Gasteiger partial charge is 0.507 e. The summed E-state index contributed by atoms with van der Waals surface area (Å²) in [6.07, 6.45) is 0.813. The van der Waals surface area contributed by atoms with Crippen LogP contribution in [0.2, 0.25) is 0 Å². The van der Waals surface area contributed by atoms with Crippen LogP contribution in [-0.4, -0.2) is 16.8 Å². The highest BCUT2D eigenvalue weighted by molar-refractivity contribution is 6.45. The van der Waals surface area contributed by atoms with Gasteiger partial charge in [-0.2, -0.15) is 0 Å². The molecule has 0 atom stereocenters. The maximum Gasteiger partial charge on any atom is 0.296 e. The molecule has 0 saturated heterocycles. The molecule has 0 aliphatic rings. The Morgan fingerprint density at radius 2 is 1.74 bits per heavy atom. The third kappa shape index (κ3) is 4.26. The molecule has 0 saturated carbocycles. The van der Waals surface area contributed by atoms with E-state index in [1.54, 1.807) is 6.07 Å². The average molecular weight is 313 g/mol. The molecule has 2 aromatic rings. The third-order valence-electron chi connectivity index (χ3n) is 3.27. The van der Waals surface area contributed by atoms with E-state index < -0.39 is 23.3 Å². The van der Waals surface area contributed by atoms with Gasteiger partial charge in [0.15, 0.2) is 0 Å². The highest BCUT2D eigenvalue weighted by atomic mass is 19.1. The summed E-state index contributed by atoms with van der Waals surface area (Å²) in [7, 11) is 0. The SMILES string of the molecule is Cc1ccc(C)c(NC(=O)C(=O)C=C(O)c2ccc(F)cc2)c1. The fourth-order valence-electron chi connectivity index (χ4n) is 1.95. The van der Waals surface area contributed by atoms with Gasteiger partial charge >= 0.3 is 0 Å². The molecule has 2 N–H and O–H groups in total. The van der Waals surface area contributed by atoms with Crippen LogP contribution in [0.1, 0.15) is 16.7 Å². The number of aliphatic hydroxyl groups is 1. The molecule has 0 radical (unpaired) electrons. The average Bonchev–Trinajstić information content (AvgIpc) is 2.51. The van der Waals surface area contributed by atoms with Crippen molar-refractivity contribution in [3.05, 3.63) is 71.0 Å². The van der Waals surface area contributed by atoms with Crippen molar-refractivity contribution in [1.82, 2.24) is 0 Å². The summed E-state index contributed by atoms with van der Waals surface area (Å²) < 4.78 is 12.8. The van der Waals surface area contributed by atoms with Gasteiger partial charge in [-0.25, -0.2) is 4.39 Å². The van der Waals surface area contributed by atoms with Crippen molar-refractivity contribution in [2.75, 3.05) is 5.32 Å². The maximum absolute atomic E-state index is 12.8. The van der Waals surface area contributed by atoms with Crippen LogP contribution in [0.5, 0.6) is 0 Å². The fourth-order valence-corrected chi connectivity index (χ4v) is 1.95.